The molecule has 4 nitrogen and oxygen atoms in total. The van der Waals surface area contributed by atoms with E-state index in [2.05, 4.69) is 17.1 Å². The average molecular weight is 288 g/mol. The first-order valence-corrected chi connectivity index (χ1v) is 7.64. The fraction of sp³-hybridized carbons (Fsp3) is 0.529. The molecule has 0 spiro atoms. The summed E-state index contributed by atoms with van der Waals surface area (Å²) in [5.41, 5.74) is 2.30. The second kappa shape index (κ2) is 6.85. The van der Waals surface area contributed by atoms with E-state index >= 15 is 0 Å². The molecule has 1 unspecified atom stereocenters. The predicted molar refractivity (Wildman–Crippen MR) is 83.8 cm³/mol. The number of benzene rings is 1. The molecule has 0 saturated carbocycles. The van der Waals surface area contributed by atoms with Crippen LogP contribution in [0.4, 0.5) is 0 Å². The minimum Gasteiger partial charge on any atom is -0.350 e. The quantitative estimate of drug-likeness (QED) is 0.873. The number of rotatable bonds is 6. The number of hydrogen-bond donors (Lipinski definition) is 1. The number of carbonyl (C=O) groups is 2. The second-order valence-corrected chi connectivity index (χ2v) is 5.87. The zero-order valence-corrected chi connectivity index (χ0v) is 13.1. The number of fused-ring (bicyclic) bond motifs is 1. The third kappa shape index (κ3) is 3.50. The van der Waals surface area contributed by atoms with Crippen LogP contribution in [-0.2, 0) is 6.42 Å². The number of ketones is 1. The van der Waals surface area contributed by atoms with E-state index in [-0.39, 0.29) is 11.7 Å². The van der Waals surface area contributed by atoms with Gasteiger partial charge < -0.3 is 10.2 Å². The van der Waals surface area contributed by atoms with E-state index in [9.17, 15) is 9.59 Å². The van der Waals surface area contributed by atoms with Crippen LogP contribution in [0, 0.1) is 0 Å². The fourth-order valence-electron chi connectivity index (χ4n) is 2.89. The lowest BCUT2D eigenvalue weighted by Gasteiger charge is -2.24. The van der Waals surface area contributed by atoms with Gasteiger partial charge in [0, 0.05) is 30.1 Å². The molecule has 0 radical (unpaired) electrons. The molecule has 0 bridgehead atoms. The van der Waals surface area contributed by atoms with Crippen LogP contribution in [0.3, 0.4) is 0 Å². The van der Waals surface area contributed by atoms with E-state index in [1.165, 1.54) is 0 Å². The Morgan fingerprint density at radius 1 is 1.33 bits per heavy atom. The molecule has 1 aliphatic carbocycles. The molecular weight excluding hydrogens is 264 g/mol. The van der Waals surface area contributed by atoms with Gasteiger partial charge in [0.05, 0.1) is 0 Å². The van der Waals surface area contributed by atoms with Crippen molar-refractivity contribution in [3.8, 4) is 0 Å². The summed E-state index contributed by atoms with van der Waals surface area (Å²) in [4.78, 5) is 26.3. The molecule has 1 aromatic carbocycles. The number of likely N-dealkylation sites (N-methyl/N-ethyl adjacent to an activating group) is 1. The molecular formula is C17H24N2O2. The summed E-state index contributed by atoms with van der Waals surface area (Å²) in [6, 6.07) is 5.78. The zero-order valence-electron chi connectivity index (χ0n) is 13.1. The van der Waals surface area contributed by atoms with E-state index in [4.69, 9.17) is 0 Å². The Morgan fingerprint density at radius 3 is 2.76 bits per heavy atom. The molecule has 1 aliphatic rings. The van der Waals surface area contributed by atoms with Crippen molar-refractivity contribution in [1.29, 1.82) is 0 Å². The summed E-state index contributed by atoms with van der Waals surface area (Å²) >= 11 is 0. The lowest BCUT2D eigenvalue weighted by molar-refractivity contribution is 0.0939. The summed E-state index contributed by atoms with van der Waals surface area (Å²) < 4.78 is 0. The van der Waals surface area contributed by atoms with E-state index < -0.39 is 0 Å². The van der Waals surface area contributed by atoms with Crippen LogP contribution in [0.15, 0.2) is 18.2 Å². The van der Waals surface area contributed by atoms with Crippen molar-refractivity contribution >= 4 is 11.7 Å². The lowest BCUT2D eigenvalue weighted by Crippen LogP contribution is -2.40. The average Bonchev–Trinajstić information content (AvgIpc) is 2.84. The third-order valence-electron chi connectivity index (χ3n) is 4.17. The standard InChI is InChI=1S/C17H24N2O2/c1-4-6-12(19(2)3)11-18-17(21)15-8-5-7-14-13(15)9-10-16(14)20/h5,7-8,12H,4,6,9-11H2,1-3H3,(H,18,21). The predicted octanol–water partition coefficient (Wildman–Crippen LogP) is 2.28. The number of carbonyl (C=O) groups excluding carboxylic acids is 2. The van der Waals surface area contributed by atoms with Crippen molar-refractivity contribution < 1.29 is 9.59 Å². The SMILES string of the molecule is CCCC(CNC(=O)c1cccc2c1CCC2=O)N(C)C. The second-order valence-electron chi connectivity index (χ2n) is 5.87. The highest BCUT2D eigenvalue weighted by molar-refractivity contribution is 6.05. The third-order valence-corrected chi connectivity index (χ3v) is 4.17. The summed E-state index contributed by atoms with van der Waals surface area (Å²) in [5, 5.41) is 3.02. The van der Waals surface area contributed by atoms with Gasteiger partial charge in [0.25, 0.3) is 5.91 Å². The molecule has 1 aromatic rings. The topological polar surface area (TPSA) is 49.4 Å². The van der Waals surface area contributed by atoms with E-state index in [0.29, 0.717) is 31.0 Å². The van der Waals surface area contributed by atoms with Gasteiger partial charge in [-0.1, -0.05) is 25.5 Å². The molecule has 0 heterocycles. The summed E-state index contributed by atoms with van der Waals surface area (Å²) in [6.45, 7) is 2.78. The lowest BCUT2D eigenvalue weighted by atomic mass is 10.0. The van der Waals surface area contributed by atoms with Gasteiger partial charge in [0.1, 0.15) is 0 Å². The number of hydrogen-bond acceptors (Lipinski definition) is 3. The molecule has 1 N–H and O–H groups in total. The van der Waals surface area contributed by atoms with Crippen LogP contribution in [0.25, 0.3) is 0 Å². The van der Waals surface area contributed by atoms with Crippen molar-refractivity contribution in [3.05, 3.63) is 34.9 Å². The minimum absolute atomic E-state index is 0.0653. The molecule has 0 aliphatic heterocycles. The summed E-state index contributed by atoms with van der Waals surface area (Å²) in [5.74, 6) is 0.0845. The van der Waals surface area contributed by atoms with Crippen LogP contribution >= 0.6 is 0 Å². The van der Waals surface area contributed by atoms with Crippen LogP contribution in [0.2, 0.25) is 0 Å². The molecule has 1 amide bonds. The molecule has 2 rings (SSSR count). The van der Waals surface area contributed by atoms with Crippen molar-refractivity contribution in [2.75, 3.05) is 20.6 Å². The first-order chi connectivity index (χ1) is 10.0. The molecule has 0 aromatic heterocycles. The van der Waals surface area contributed by atoms with Gasteiger partial charge in [-0.3, -0.25) is 9.59 Å². The highest BCUT2D eigenvalue weighted by Gasteiger charge is 2.24. The monoisotopic (exact) mass is 288 g/mol. The minimum atomic E-state index is -0.0653. The number of amides is 1. The van der Waals surface area contributed by atoms with Gasteiger partial charge in [-0.2, -0.15) is 0 Å². The number of nitrogens with zero attached hydrogens (tertiary/aromatic N) is 1. The maximum Gasteiger partial charge on any atom is 0.251 e. The first kappa shape index (κ1) is 15.7. The summed E-state index contributed by atoms with van der Waals surface area (Å²) in [7, 11) is 4.07. The Balaban J connectivity index is 2.06. The Bertz CT molecular complexity index is 538. The van der Waals surface area contributed by atoms with Crippen LogP contribution in [0.1, 0.15) is 52.5 Å². The number of Topliss-reactive ketones (excluding diaryl/α,β-unsaturated/α-hetero) is 1. The van der Waals surface area contributed by atoms with Gasteiger partial charge in [0.2, 0.25) is 0 Å². The van der Waals surface area contributed by atoms with E-state index in [1.807, 2.05) is 26.2 Å². The Morgan fingerprint density at radius 2 is 2.10 bits per heavy atom. The number of nitrogens with one attached hydrogen (secondary N) is 1. The van der Waals surface area contributed by atoms with Crippen molar-refractivity contribution in [3.63, 3.8) is 0 Å². The molecule has 21 heavy (non-hydrogen) atoms. The molecule has 0 fully saturated rings. The van der Waals surface area contributed by atoms with E-state index in [0.717, 1.165) is 24.0 Å². The highest BCUT2D eigenvalue weighted by Crippen LogP contribution is 2.25. The first-order valence-electron chi connectivity index (χ1n) is 7.64. The maximum absolute atomic E-state index is 12.4. The normalized spacial score (nSPS) is 15.1. The van der Waals surface area contributed by atoms with Crippen molar-refractivity contribution in [2.45, 2.75) is 38.6 Å². The summed E-state index contributed by atoms with van der Waals surface area (Å²) in [6.07, 6.45) is 3.35. The van der Waals surface area contributed by atoms with Crippen LogP contribution < -0.4 is 5.32 Å². The zero-order chi connectivity index (χ0) is 15.4. The largest absolute Gasteiger partial charge is 0.350 e. The Kier molecular flexibility index (Phi) is 5.12. The Hall–Kier alpha value is -1.68. The Labute approximate surface area is 126 Å². The smallest absolute Gasteiger partial charge is 0.251 e. The molecule has 4 heteroatoms. The van der Waals surface area contributed by atoms with E-state index in [1.54, 1.807) is 6.07 Å². The van der Waals surface area contributed by atoms with Gasteiger partial charge in [-0.15, -0.1) is 0 Å². The van der Waals surface area contributed by atoms with Crippen molar-refractivity contribution in [1.82, 2.24) is 10.2 Å². The van der Waals surface area contributed by atoms with Gasteiger partial charge >= 0.3 is 0 Å². The molecule has 114 valence electrons. The van der Waals surface area contributed by atoms with Crippen molar-refractivity contribution in [2.24, 2.45) is 0 Å². The highest BCUT2D eigenvalue weighted by atomic mass is 16.1. The van der Waals surface area contributed by atoms with Gasteiger partial charge in [0.15, 0.2) is 5.78 Å². The maximum atomic E-state index is 12.4. The molecule has 0 saturated heterocycles. The molecule has 1 atom stereocenters. The fourth-order valence-corrected chi connectivity index (χ4v) is 2.89. The van der Waals surface area contributed by atoms with Gasteiger partial charge in [-0.05, 0) is 38.6 Å². The van der Waals surface area contributed by atoms with Gasteiger partial charge in [-0.25, -0.2) is 0 Å². The van der Waals surface area contributed by atoms with Crippen LogP contribution in [-0.4, -0.2) is 43.3 Å². The van der Waals surface area contributed by atoms with Crippen LogP contribution in [0.5, 0.6) is 0 Å².